The Kier molecular flexibility index (Phi) is 4.87. The van der Waals surface area contributed by atoms with E-state index in [0.717, 1.165) is 12.8 Å². The first kappa shape index (κ1) is 12.9. The molecular weight excluding hydrogens is 222 g/mol. The Hall–Kier alpha value is -2.17. The van der Waals surface area contributed by atoms with E-state index in [2.05, 4.69) is 0 Å². The van der Waals surface area contributed by atoms with Crippen molar-refractivity contribution in [3.63, 3.8) is 0 Å². The lowest BCUT2D eigenvalue weighted by atomic mass is 10.2. The summed E-state index contributed by atoms with van der Waals surface area (Å²) in [4.78, 5) is 20.7. The summed E-state index contributed by atoms with van der Waals surface area (Å²) in [6, 6.07) is 4.07. The largest absolute Gasteiger partial charge is 0.465 e. The maximum atomic E-state index is 10.7. The minimum atomic E-state index is -0.597. The van der Waals surface area contributed by atoms with Gasteiger partial charge in [0.05, 0.1) is 16.7 Å². The van der Waals surface area contributed by atoms with Crippen molar-refractivity contribution in [2.24, 2.45) is 0 Å². The number of nitro groups is 1. The fraction of sp³-hybridized carbons (Fsp3) is 0.250. The van der Waals surface area contributed by atoms with Crippen LogP contribution in [0.15, 0.2) is 30.5 Å². The van der Waals surface area contributed by atoms with Crippen molar-refractivity contribution in [1.82, 2.24) is 0 Å². The van der Waals surface area contributed by atoms with Gasteiger partial charge in [-0.1, -0.05) is 13.3 Å². The third-order valence-electron chi connectivity index (χ3n) is 2.08. The highest BCUT2D eigenvalue weighted by molar-refractivity contribution is 5.82. The normalized spacial score (nSPS) is 10.4. The molecule has 17 heavy (non-hydrogen) atoms. The van der Waals surface area contributed by atoms with Gasteiger partial charge in [-0.25, -0.2) is 0 Å². The van der Waals surface area contributed by atoms with Gasteiger partial charge in [-0.2, -0.15) is 0 Å². The molecule has 0 atom stereocenters. The van der Waals surface area contributed by atoms with Crippen molar-refractivity contribution in [2.75, 3.05) is 0 Å². The van der Waals surface area contributed by atoms with Gasteiger partial charge in [0.25, 0.3) is 5.69 Å². The number of carbonyl (C=O) groups excluding carboxylic acids is 1. The number of rotatable bonds is 6. The first-order valence-electron chi connectivity index (χ1n) is 5.24. The molecule has 0 radical (unpaired) electrons. The van der Waals surface area contributed by atoms with Gasteiger partial charge in [0.1, 0.15) is 5.75 Å². The summed E-state index contributed by atoms with van der Waals surface area (Å²) in [7, 11) is 0. The molecule has 0 aliphatic heterocycles. The molecule has 1 rings (SSSR count). The van der Waals surface area contributed by atoms with Gasteiger partial charge < -0.3 is 4.74 Å². The number of hydrogen-bond acceptors (Lipinski definition) is 4. The molecule has 0 saturated carbocycles. The number of hydrogen-bond donors (Lipinski definition) is 0. The molecule has 0 unspecified atom stereocenters. The van der Waals surface area contributed by atoms with Crippen LogP contribution in [0.3, 0.4) is 0 Å². The van der Waals surface area contributed by atoms with Crippen molar-refractivity contribution in [1.29, 1.82) is 0 Å². The summed E-state index contributed by atoms with van der Waals surface area (Å²) in [5.41, 5.74) is -0.207. The van der Waals surface area contributed by atoms with E-state index in [0.29, 0.717) is 12.0 Å². The van der Waals surface area contributed by atoms with Gasteiger partial charge in [-0.15, -0.1) is 0 Å². The Morgan fingerprint density at radius 3 is 2.82 bits per heavy atom. The van der Waals surface area contributed by atoms with Gasteiger partial charge in [0.2, 0.25) is 0 Å². The average molecular weight is 235 g/mol. The predicted octanol–water partition coefficient (Wildman–Crippen LogP) is 3.10. The highest BCUT2D eigenvalue weighted by Crippen LogP contribution is 2.22. The minimum Gasteiger partial charge on any atom is -0.465 e. The number of allylic oxidation sites excluding steroid dienone is 1. The third kappa shape index (κ3) is 3.71. The van der Waals surface area contributed by atoms with Crippen LogP contribution in [0.1, 0.15) is 30.1 Å². The van der Waals surface area contributed by atoms with E-state index in [1.807, 2.05) is 13.0 Å². The number of ether oxygens (including phenoxy) is 1. The summed E-state index contributed by atoms with van der Waals surface area (Å²) in [6.07, 6.45) is 5.72. The van der Waals surface area contributed by atoms with Crippen LogP contribution < -0.4 is 4.74 Å². The van der Waals surface area contributed by atoms with Crippen molar-refractivity contribution in [3.8, 4) is 5.75 Å². The van der Waals surface area contributed by atoms with Crippen LogP contribution >= 0.6 is 0 Å². The molecule has 0 fully saturated rings. The molecule has 0 aromatic heterocycles. The van der Waals surface area contributed by atoms with Crippen molar-refractivity contribution >= 4 is 12.0 Å². The molecule has 1 aromatic rings. The second-order valence-corrected chi connectivity index (χ2v) is 3.37. The molecule has 5 heteroatoms. The Bertz CT molecular complexity index is 440. The number of aldehydes is 1. The smallest absolute Gasteiger partial charge is 0.280 e. The Labute approximate surface area is 98.9 Å². The summed E-state index contributed by atoms with van der Waals surface area (Å²) >= 11 is 0. The van der Waals surface area contributed by atoms with Gasteiger partial charge in [-0.05, 0) is 24.6 Å². The summed E-state index contributed by atoms with van der Waals surface area (Å²) in [6.45, 7) is 2.04. The minimum absolute atomic E-state index is 0.0105. The fourth-order valence-electron chi connectivity index (χ4n) is 1.23. The van der Waals surface area contributed by atoms with Gasteiger partial charge in [-0.3, -0.25) is 14.9 Å². The maximum Gasteiger partial charge on any atom is 0.280 e. The topological polar surface area (TPSA) is 69.4 Å². The lowest BCUT2D eigenvalue weighted by Crippen LogP contribution is -1.94. The molecule has 0 bridgehead atoms. The lowest BCUT2D eigenvalue weighted by Gasteiger charge is -2.01. The molecule has 0 heterocycles. The van der Waals surface area contributed by atoms with Gasteiger partial charge in [0.15, 0.2) is 6.29 Å². The molecule has 90 valence electrons. The van der Waals surface area contributed by atoms with Crippen LogP contribution in [0.2, 0.25) is 0 Å². The van der Waals surface area contributed by atoms with E-state index in [4.69, 9.17) is 4.74 Å². The van der Waals surface area contributed by atoms with Gasteiger partial charge in [0, 0.05) is 6.07 Å². The van der Waals surface area contributed by atoms with E-state index in [1.165, 1.54) is 24.5 Å². The zero-order valence-electron chi connectivity index (χ0n) is 9.46. The molecule has 0 spiro atoms. The first-order valence-corrected chi connectivity index (χ1v) is 5.24. The maximum absolute atomic E-state index is 10.7. The van der Waals surface area contributed by atoms with E-state index in [-0.39, 0.29) is 11.3 Å². The van der Waals surface area contributed by atoms with E-state index >= 15 is 0 Å². The Morgan fingerprint density at radius 1 is 1.47 bits per heavy atom. The summed E-state index contributed by atoms with van der Waals surface area (Å²) in [5.74, 6) is 0.407. The average Bonchev–Trinajstić information content (AvgIpc) is 2.34. The molecular formula is C12H13NO4. The number of nitro benzene ring substituents is 1. The number of benzene rings is 1. The quantitative estimate of drug-likeness (QED) is 0.329. The van der Waals surface area contributed by atoms with Crippen molar-refractivity contribution in [3.05, 3.63) is 46.2 Å². The molecule has 0 N–H and O–H groups in total. The van der Waals surface area contributed by atoms with Crippen LogP contribution in [-0.4, -0.2) is 11.2 Å². The molecule has 0 amide bonds. The van der Waals surface area contributed by atoms with E-state index in [1.54, 1.807) is 0 Å². The lowest BCUT2D eigenvalue weighted by molar-refractivity contribution is -0.385. The fourth-order valence-corrected chi connectivity index (χ4v) is 1.23. The SMILES string of the molecule is CCC/C=C/Oc1ccc([N+](=O)[O-])c(C=O)c1. The molecule has 5 nitrogen and oxygen atoms in total. The van der Waals surface area contributed by atoms with Crippen LogP contribution in [-0.2, 0) is 0 Å². The van der Waals surface area contributed by atoms with Crippen molar-refractivity contribution < 1.29 is 14.5 Å². The van der Waals surface area contributed by atoms with E-state index < -0.39 is 4.92 Å². The summed E-state index contributed by atoms with van der Waals surface area (Å²) in [5, 5.41) is 10.6. The standard InChI is InChI=1S/C12H13NO4/c1-2-3-4-7-17-11-5-6-12(13(15)16)10(8-11)9-14/h4-9H,2-3H2,1H3/b7-4+. The number of carbonyl (C=O) groups is 1. The monoisotopic (exact) mass is 235 g/mol. The van der Waals surface area contributed by atoms with Gasteiger partial charge >= 0.3 is 0 Å². The van der Waals surface area contributed by atoms with Crippen LogP contribution in [0.25, 0.3) is 0 Å². The van der Waals surface area contributed by atoms with Crippen LogP contribution in [0.5, 0.6) is 5.75 Å². The Balaban J connectivity index is 2.83. The number of nitrogens with zero attached hydrogens (tertiary/aromatic N) is 1. The highest BCUT2D eigenvalue weighted by Gasteiger charge is 2.13. The third-order valence-corrected chi connectivity index (χ3v) is 2.08. The van der Waals surface area contributed by atoms with Crippen LogP contribution in [0, 0.1) is 10.1 Å². The van der Waals surface area contributed by atoms with E-state index in [9.17, 15) is 14.9 Å². The highest BCUT2D eigenvalue weighted by atomic mass is 16.6. The summed E-state index contributed by atoms with van der Waals surface area (Å²) < 4.78 is 5.22. The second kappa shape index (κ2) is 6.42. The van der Waals surface area contributed by atoms with Crippen LogP contribution in [0.4, 0.5) is 5.69 Å². The molecule has 0 aliphatic rings. The first-order chi connectivity index (χ1) is 8.19. The Morgan fingerprint density at radius 2 is 2.24 bits per heavy atom. The predicted molar refractivity (Wildman–Crippen MR) is 63.2 cm³/mol. The molecule has 1 aromatic carbocycles. The second-order valence-electron chi connectivity index (χ2n) is 3.37. The zero-order valence-corrected chi connectivity index (χ0v) is 9.46. The molecule has 0 aliphatic carbocycles. The number of unbranched alkanes of at least 4 members (excludes halogenated alkanes) is 1. The zero-order chi connectivity index (χ0) is 12.7. The molecule has 0 saturated heterocycles. The van der Waals surface area contributed by atoms with Crippen molar-refractivity contribution in [2.45, 2.75) is 19.8 Å².